The van der Waals surface area contributed by atoms with Crippen molar-refractivity contribution < 1.29 is 29.0 Å². The van der Waals surface area contributed by atoms with Crippen molar-refractivity contribution in [2.75, 3.05) is 45.9 Å². The van der Waals surface area contributed by atoms with Crippen molar-refractivity contribution in [3.8, 4) is 0 Å². The fraction of sp³-hybridized carbons (Fsp3) is 0.760. The van der Waals surface area contributed by atoms with Gasteiger partial charge in [-0.15, -0.1) is 0 Å². The van der Waals surface area contributed by atoms with Gasteiger partial charge in [-0.05, 0) is 12.8 Å². The number of fused-ring (bicyclic) bond motifs is 1. The van der Waals surface area contributed by atoms with E-state index in [9.17, 15) is 15.2 Å². The first-order valence-electron chi connectivity index (χ1n) is 13.0. The Labute approximate surface area is 206 Å². The molecule has 0 amide bonds. The molecule has 4 fully saturated rings. The Morgan fingerprint density at radius 1 is 1.06 bits per heavy atom. The number of hydrogen-bond donors (Lipinski definition) is 1. The van der Waals surface area contributed by atoms with Crippen LogP contribution in [0.2, 0.25) is 0 Å². The fourth-order valence-electron chi connectivity index (χ4n) is 5.93. The van der Waals surface area contributed by atoms with Gasteiger partial charge >= 0.3 is 0 Å². The third-order valence-corrected chi connectivity index (χ3v) is 7.77. The molecule has 6 atom stereocenters. The number of aliphatic hydroxyl groups excluding tert-OH is 1. The van der Waals surface area contributed by atoms with Gasteiger partial charge in [0.2, 0.25) is 6.29 Å². The van der Waals surface area contributed by atoms with Gasteiger partial charge in [0.05, 0.1) is 19.3 Å². The molecule has 1 unspecified atom stereocenters. The van der Waals surface area contributed by atoms with E-state index >= 15 is 0 Å². The van der Waals surface area contributed by atoms with Crippen molar-refractivity contribution in [1.82, 2.24) is 9.80 Å². The van der Waals surface area contributed by atoms with Crippen LogP contribution in [-0.2, 0) is 18.9 Å². The topological polar surface area (TPSA) is 107 Å². The first-order chi connectivity index (χ1) is 17.1. The lowest BCUT2D eigenvalue weighted by Crippen LogP contribution is -2.71. The monoisotopic (exact) mass is 491 g/mol. The van der Waals surface area contributed by atoms with Gasteiger partial charge in [-0.3, -0.25) is 19.9 Å². The van der Waals surface area contributed by atoms with Crippen LogP contribution in [0.5, 0.6) is 0 Å². The summed E-state index contributed by atoms with van der Waals surface area (Å²) in [4.78, 5) is 16.7. The molecule has 0 radical (unpaired) electrons. The molecule has 1 aliphatic carbocycles. The molecule has 3 saturated heterocycles. The Morgan fingerprint density at radius 2 is 1.80 bits per heavy atom. The molecule has 194 valence electrons. The summed E-state index contributed by atoms with van der Waals surface area (Å²) in [6, 6.07) is 8.12. The molecule has 1 aromatic rings. The number of aliphatic hydroxyl groups is 1. The Hall–Kier alpha value is -1.66. The van der Waals surface area contributed by atoms with Crippen LogP contribution in [0.15, 0.2) is 30.3 Å². The van der Waals surface area contributed by atoms with E-state index in [0.29, 0.717) is 26.2 Å². The van der Waals surface area contributed by atoms with E-state index < -0.39 is 36.9 Å². The first kappa shape index (κ1) is 25.0. The molecule has 1 aromatic carbocycles. The highest BCUT2D eigenvalue weighted by molar-refractivity contribution is 5.17. The molecule has 0 bridgehead atoms. The third-order valence-electron chi connectivity index (χ3n) is 7.77. The predicted octanol–water partition coefficient (Wildman–Crippen LogP) is 1.80. The molecular formula is C25H37N3O7. The zero-order valence-corrected chi connectivity index (χ0v) is 20.2. The molecule has 3 aliphatic heterocycles. The molecule has 0 aromatic heterocycles. The number of piperazine rings is 1. The number of hydrogen-bond acceptors (Lipinski definition) is 9. The Balaban J connectivity index is 1.40. The zero-order valence-electron chi connectivity index (χ0n) is 20.2. The van der Waals surface area contributed by atoms with Crippen molar-refractivity contribution >= 4 is 0 Å². The van der Waals surface area contributed by atoms with Crippen LogP contribution in [0.1, 0.15) is 44.0 Å². The Morgan fingerprint density at radius 3 is 2.49 bits per heavy atom. The van der Waals surface area contributed by atoms with Gasteiger partial charge in [0, 0.05) is 43.2 Å². The molecule has 0 spiro atoms. The largest absolute Gasteiger partial charge is 0.395 e. The van der Waals surface area contributed by atoms with Crippen LogP contribution in [0, 0.1) is 10.1 Å². The number of rotatable bonds is 7. The van der Waals surface area contributed by atoms with Gasteiger partial charge in [-0.25, -0.2) is 0 Å². The maximum atomic E-state index is 12.5. The fourth-order valence-corrected chi connectivity index (χ4v) is 5.93. The van der Waals surface area contributed by atoms with Gasteiger partial charge in [-0.1, -0.05) is 49.6 Å². The van der Waals surface area contributed by atoms with E-state index in [-0.39, 0.29) is 17.6 Å². The molecule has 1 saturated carbocycles. The number of benzene rings is 1. The zero-order chi connectivity index (χ0) is 24.2. The summed E-state index contributed by atoms with van der Waals surface area (Å²) in [5, 5.41) is 21.9. The minimum atomic E-state index is -1.06. The lowest BCUT2D eigenvalue weighted by molar-refractivity contribution is -0.575. The van der Waals surface area contributed by atoms with E-state index in [2.05, 4.69) is 9.80 Å². The molecular weight excluding hydrogens is 454 g/mol. The summed E-state index contributed by atoms with van der Waals surface area (Å²) in [6.07, 6.45) is 2.65. The van der Waals surface area contributed by atoms with Crippen LogP contribution in [0.4, 0.5) is 0 Å². The third kappa shape index (κ3) is 5.69. The quantitative estimate of drug-likeness (QED) is 0.451. The van der Waals surface area contributed by atoms with E-state index in [1.165, 1.54) is 6.42 Å². The second-order valence-corrected chi connectivity index (χ2v) is 9.98. The smallest absolute Gasteiger partial charge is 0.281 e. The average molecular weight is 492 g/mol. The van der Waals surface area contributed by atoms with Crippen LogP contribution in [-0.4, -0.2) is 102 Å². The maximum absolute atomic E-state index is 12.5. The summed E-state index contributed by atoms with van der Waals surface area (Å²) in [5.74, 6) is 0. The van der Waals surface area contributed by atoms with Gasteiger partial charge < -0.3 is 24.1 Å². The van der Waals surface area contributed by atoms with E-state index in [0.717, 1.165) is 44.3 Å². The summed E-state index contributed by atoms with van der Waals surface area (Å²) in [7, 11) is 0. The molecule has 4 aliphatic rings. The van der Waals surface area contributed by atoms with Crippen molar-refractivity contribution in [2.24, 2.45) is 0 Å². The lowest BCUT2D eigenvalue weighted by atomic mass is 9.90. The van der Waals surface area contributed by atoms with Crippen LogP contribution in [0.3, 0.4) is 0 Å². The summed E-state index contributed by atoms with van der Waals surface area (Å²) in [6.45, 7) is 3.82. The second kappa shape index (κ2) is 11.6. The van der Waals surface area contributed by atoms with Gasteiger partial charge in [-0.2, -0.15) is 0 Å². The predicted molar refractivity (Wildman–Crippen MR) is 126 cm³/mol. The molecule has 3 heterocycles. The highest BCUT2D eigenvalue weighted by Crippen LogP contribution is 2.38. The van der Waals surface area contributed by atoms with Crippen LogP contribution in [0.25, 0.3) is 0 Å². The lowest BCUT2D eigenvalue weighted by Gasteiger charge is -2.51. The van der Waals surface area contributed by atoms with E-state index in [1.807, 2.05) is 30.3 Å². The van der Waals surface area contributed by atoms with Gasteiger partial charge in [0.25, 0.3) is 6.04 Å². The van der Waals surface area contributed by atoms with Crippen molar-refractivity contribution in [2.45, 2.75) is 75.1 Å². The average Bonchev–Trinajstić information content (AvgIpc) is 2.89. The van der Waals surface area contributed by atoms with Gasteiger partial charge in [0.15, 0.2) is 6.29 Å². The number of nitro groups is 1. The first-order valence-corrected chi connectivity index (χ1v) is 13.0. The summed E-state index contributed by atoms with van der Waals surface area (Å²) >= 11 is 0. The Kier molecular flexibility index (Phi) is 8.29. The SMILES string of the molecule is O=[N+]([O-])[C@H]1[C@H](OC2CCCCC2)O[C@@H]2COC(c3ccccc3)O[C@H]2[C@@H]1N1CCN(CCO)CC1. The van der Waals surface area contributed by atoms with Crippen molar-refractivity contribution in [3.63, 3.8) is 0 Å². The second-order valence-electron chi connectivity index (χ2n) is 9.98. The van der Waals surface area contributed by atoms with Gasteiger partial charge in [0.1, 0.15) is 18.2 Å². The van der Waals surface area contributed by atoms with Crippen LogP contribution >= 0.6 is 0 Å². The number of nitrogens with zero attached hydrogens (tertiary/aromatic N) is 3. The molecule has 35 heavy (non-hydrogen) atoms. The van der Waals surface area contributed by atoms with Crippen molar-refractivity contribution in [1.29, 1.82) is 0 Å². The van der Waals surface area contributed by atoms with Crippen LogP contribution < -0.4 is 0 Å². The van der Waals surface area contributed by atoms with E-state index in [1.54, 1.807) is 0 Å². The highest BCUT2D eigenvalue weighted by atomic mass is 16.8. The number of ether oxygens (including phenoxy) is 4. The highest BCUT2D eigenvalue weighted by Gasteiger charge is 2.58. The molecule has 10 nitrogen and oxygen atoms in total. The van der Waals surface area contributed by atoms with Crippen molar-refractivity contribution in [3.05, 3.63) is 46.0 Å². The molecule has 5 rings (SSSR count). The molecule has 10 heteroatoms. The standard InChI is InChI=1S/C25H37N3O7/c29-16-15-26-11-13-27(14-12-26)21-22(28(30)31)25(33-19-9-5-2-6-10-19)34-20-17-32-24(35-23(20)21)18-7-3-1-4-8-18/h1,3-4,7-8,19-25,29H,2,5-6,9-17H2/t20-,21-,22-,23-,24?,25-/m1/s1. The van der Waals surface area contributed by atoms with E-state index in [4.69, 9.17) is 18.9 Å². The summed E-state index contributed by atoms with van der Waals surface area (Å²) in [5.41, 5.74) is 0.885. The normalized spacial score (nSPS) is 35.5. The summed E-state index contributed by atoms with van der Waals surface area (Å²) < 4.78 is 25.0. The minimum Gasteiger partial charge on any atom is -0.395 e. The molecule has 1 N–H and O–H groups in total. The number of β-amino-alcohol motifs (C(OH)–C–C–N with tert-alkyl or cyclic N) is 1. The minimum absolute atomic E-state index is 0.0164. The Bertz CT molecular complexity index is 817. The maximum Gasteiger partial charge on any atom is 0.281 e.